The van der Waals surface area contributed by atoms with E-state index in [1.807, 2.05) is 6.07 Å². The van der Waals surface area contributed by atoms with Crippen molar-refractivity contribution in [3.8, 4) is 11.4 Å². The lowest BCUT2D eigenvalue weighted by Crippen LogP contribution is -2.19. The maximum atomic E-state index is 13.0. The molecule has 0 amide bonds. The van der Waals surface area contributed by atoms with Crippen LogP contribution in [-0.4, -0.2) is 21.7 Å². The van der Waals surface area contributed by atoms with Gasteiger partial charge in [-0.15, -0.1) is 0 Å². The van der Waals surface area contributed by atoms with Gasteiger partial charge in [0.25, 0.3) is 0 Å². The molecule has 4 nitrogen and oxygen atoms in total. The van der Waals surface area contributed by atoms with Crippen LogP contribution in [0.2, 0.25) is 0 Å². The number of nitrogens with one attached hydrogen (secondary N) is 1. The molecule has 0 radical (unpaired) electrons. The molecule has 0 spiro atoms. The molecule has 3 aromatic rings. The van der Waals surface area contributed by atoms with Crippen LogP contribution in [0.3, 0.4) is 0 Å². The Morgan fingerprint density at radius 2 is 1.59 bits per heavy atom. The lowest BCUT2D eigenvalue weighted by Gasteiger charge is -2.27. The van der Waals surface area contributed by atoms with Gasteiger partial charge in [0.2, 0.25) is 0 Å². The summed E-state index contributed by atoms with van der Waals surface area (Å²) >= 11 is 0. The Labute approximate surface area is 187 Å². The molecule has 0 atom stereocenters. The molecule has 0 aliphatic rings. The number of aromatic amines is 1. The van der Waals surface area contributed by atoms with Crippen LogP contribution in [-0.2, 0) is 11.6 Å². The van der Waals surface area contributed by atoms with Gasteiger partial charge in [-0.2, -0.15) is 18.3 Å². The summed E-state index contributed by atoms with van der Waals surface area (Å²) in [5.74, 6) is 0. The van der Waals surface area contributed by atoms with E-state index in [0.29, 0.717) is 5.69 Å². The summed E-state index contributed by atoms with van der Waals surface area (Å²) in [5.41, 5.74) is 2.93. The van der Waals surface area contributed by atoms with Gasteiger partial charge in [-0.05, 0) is 47.7 Å². The van der Waals surface area contributed by atoms with Crippen LogP contribution in [0.1, 0.15) is 64.6 Å². The van der Waals surface area contributed by atoms with E-state index < -0.39 is 11.9 Å². The second-order valence-electron chi connectivity index (χ2n) is 9.07. The summed E-state index contributed by atoms with van der Waals surface area (Å²) in [6, 6.07) is 13.2. The standard InChI is InChI=1S/C25H31F3N4/c1-5-6-7-8-15-32(19-11-9-18(10-12-19)24(2,3)4)20-13-14-29-21(16-20)22-17-23(31-30-22)25(26,27)28/h9-14,16-17H,5-8,15H2,1-4H3,(H,30,31). The van der Waals surface area contributed by atoms with E-state index in [9.17, 15) is 13.2 Å². The van der Waals surface area contributed by atoms with Crippen molar-refractivity contribution in [2.45, 2.75) is 65.0 Å². The summed E-state index contributed by atoms with van der Waals surface area (Å²) in [7, 11) is 0. The molecule has 0 fully saturated rings. The molecular formula is C25H31F3N4. The minimum absolute atomic E-state index is 0.0600. The molecule has 0 saturated carbocycles. The second kappa shape index (κ2) is 9.76. The third-order valence-corrected chi connectivity index (χ3v) is 5.48. The summed E-state index contributed by atoms with van der Waals surface area (Å²) in [5, 5.41) is 5.89. The monoisotopic (exact) mass is 444 g/mol. The van der Waals surface area contributed by atoms with Crippen LogP contribution < -0.4 is 4.90 Å². The smallest absolute Gasteiger partial charge is 0.341 e. The molecule has 0 unspecified atom stereocenters. The number of aromatic nitrogens is 3. The topological polar surface area (TPSA) is 44.8 Å². The molecule has 32 heavy (non-hydrogen) atoms. The van der Waals surface area contributed by atoms with Gasteiger partial charge in [0, 0.05) is 24.1 Å². The molecule has 0 bridgehead atoms. The van der Waals surface area contributed by atoms with Crippen molar-refractivity contribution in [1.29, 1.82) is 0 Å². The number of pyridine rings is 1. The SMILES string of the molecule is CCCCCCN(c1ccc(C(C)(C)C)cc1)c1ccnc(-c2cc(C(F)(F)F)[nH]n2)c1. The van der Waals surface area contributed by atoms with Crippen LogP contribution >= 0.6 is 0 Å². The molecule has 2 heterocycles. The molecule has 172 valence electrons. The van der Waals surface area contributed by atoms with Gasteiger partial charge in [-0.1, -0.05) is 59.1 Å². The van der Waals surface area contributed by atoms with Crippen molar-refractivity contribution in [3.05, 3.63) is 59.9 Å². The predicted octanol–water partition coefficient (Wildman–Crippen LogP) is 7.51. The van der Waals surface area contributed by atoms with Gasteiger partial charge in [0.15, 0.2) is 0 Å². The Hall–Kier alpha value is -2.83. The zero-order valence-corrected chi connectivity index (χ0v) is 19.1. The first-order valence-corrected chi connectivity index (χ1v) is 11.1. The summed E-state index contributed by atoms with van der Waals surface area (Å²) < 4.78 is 38.9. The maximum Gasteiger partial charge on any atom is 0.432 e. The van der Waals surface area contributed by atoms with Gasteiger partial charge in [-0.3, -0.25) is 10.1 Å². The fraction of sp³-hybridized carbons (Fsp3) is 0.440. The average Bonchev–Trinajstić information content (AvgIpc) is 3.24. The Bertz CT molecular complexity index is 1000. The Morgan fingerprint density at radius 1 is 0.875 bits per heavy atom. The highest BCUT2D eigenvalue weighted by atomic mass is 19.4. The second-order valence-corrected chi connectivity index (χ2v) is 9.07. The van der Waals surface area contributed by atoms with Gasteiger partial charge in [-0.25, -0.2) is 0 Å². The van der Waals surface area contributed by atoms with E-state index in [1.54, 1.807) is 12.3 Å². The van der Waals surface area contributed by atoms with Gasteiger partial charge in [0.05, 0.1) is 5.69 Å². The van der Waals surface area contributed by atoms with E-state index in [2.05, 4.69) is 72.0 Å². The number of benzene rings is 1. The molecule has 1 aromatic carbocycles. The van der Waals surface area contributed by atoms with Gasteiger partial charge >= 0.3 is 6.18 Å². The number of hydrogen-bond acceptors (Lipinski definition) is 3. The molecule has 1 N–H and O–H groups in total. The first kappa shape index (κ1) is 23.8. The normalized spacial score (nSPS) is 12.2. The van der Waals surface area contributed by atoms with Crippen LogP contribution in [0.5, 0.6) is 0 Å². The van der Waals surface area contributed by atoms with Crippen molar-refractivity contribution in [2.24, 2.45) is 0 Å². The molecule has 0 saturated heterocycles. The average molecular weight is 445 g/mol. The number of rotatable bonds is 8. The number of anilines is 2. The molecule has 0 aliphatic heterocycles. The largest absolute Gasteiger partial charge is 0.432 e. The number of hydrogen-bond donors (Lipinski definition) is 1. The lowest BCUT2D eigenvalue weighted by molar-refractivity contribution is -0.141. The van der Waals surface area contributed by atoms with Gasteiger partial charge in [0.1, 0.15) is 11.4 Å². The summed E-state index contributed by atoms with van der Waals surface area (Å²) in [6.45, 7) is 9.53. The minimum atomic E-state index is -4.47. The third-order valence-electron chi connectivity index (χ3n) is 5.48. The highest BCUT2D eigenvalue weighted by Crippen LogP contribution is 2.33. The number of halogens is 3. The number of unbranched alkanes of at least 4 members (excludes halogenated alkanes) is 3. The Morgan fingerprint density at radius 3 is 2.19 bits per heavy atom. The minimum Gasteiger partial charge on any atom is -0.341 e. The van der Waals surface area contributed by atoms with Crippen LogP contribution in [0.4, 0.5) is 24.5 Å². The van der Waals surface area contributed by atoms with Crippen molar-refractivity contribution in [1.82, 2.24) is 15.2 Å². The van der Waals surface area contributed by atoms with Crippen molar-refractivity contribution in [3.63, 3.8) is 0 Å². The first-order chi connectivity index (χ1) is 15.1. The molecule has 0 aliphatic carbocycles. The predicted molar refractivity (Wildman–Crippen MR) is 123 cm³/mol. The van der Waals surface area contributed by atoms with E-state index >= 15 is 0 Å². The summed E-state index contributed by atoms with van der Waals surface area (Å²) in [6.07, 6.45) is 1.62. The highest BCUT2D eigenvalue weighted by molar-refractivity contribution is 5.68. The van der Waals surface area contributed by atoms with Gasteiger partial charge < -0.3 is 4.90 Å². The highest BCUT2D eigenvalue weighted by Gasteiger charge is 2.33. The Kier molecular flexibility index (Phi) is 7.26. The van der Waals surface area contributed by atoms with Crippen molar-refractivity contribution in [2.75, 3.05) is 11.4 Å². The number of H-pyrrole nitrogens is 1. The molecule has 2 aromatic heterocycles. The van der Waals surface area contributed by atoms with Crippen LogP contribution in [0.15, 0.2) is 48.7 Å². The Balaban J connectivity index is 1.92. The molecule has 7 heteroatoms. The zero-order chi connectivity index (χ0) is 23.4. The fourth-order valence-corrected chi connectivity index (χ4v) is 3.57. The molecule has 3 rings (SSSR count). The third kappa shape index (κ3) is 5.90. The zero-order valence-electron chi connectivity index (χ0n) is 19.1. The van der Waals surface area contributed by atoms with E-state index in [1.165, 1.54) is 12.0 Å². The summed E-state index contributed by atoms with van der Waals surface area (Å²) in [4.78, 5) is 6.46. The van der Waals surface area contributed by atoms with Crippen LogP contribution in [0, 0.1) is 0 Å². The van der Waals surface area contributed by atoms with E-state index in [-0.39, 0.29) is 11.1 Å². The maximum absolute atomic E-state index is 13.0. The quantitative estimate of drug-likeness (QED) is 0.366. The van der Waals surface area contributed by atoms with E-state index in [0.717, 1.165) is 43.2 Å². The molecular weight excluding hydrogens is 413 g/mol. The lowest BCUT2D eigenvalue weighted by atomic mass is 9.87. The number of alkyl halides is 3. The fourth-order valence-electron chi connectivity index (χ4n) is 3.57. The van der Waals surface area contributed by atoms with Crippen molar-refractivity contribution < 1.29 is 13.2 Å². The first-order valence-electron chi connectivity index (χ1n) is 11.1. The van der Waals surface area contributed by atoms with Crippen LogP contribution in [0.25, 0.3) is 11.4 Å². The number of nitrogens with zero attached hydrogens (tertiary/aromatic N) is 3. The van der Waals surface area contributed by atoms with Crippen molar-refractivity contribution >= 4 is 11.4 Å². The van der Waals surface area contributed by atoms with E-state index in [4.69, 9.17) is 0 Å².